The molecule has 2 rings (SSSR count). The monoisotopic (exact) mass is 292 g/mol. The van der Waals surface area contributed by atoms with Crippen LogP contribution < -0.4 is 10.5 Å². The Hall–Kier alpha value is -1.13. The third kappa shape index (κ3) is 5.10. The zero-order chi connectivity index (χ0) is 14.4. The summed E-state index contributed by atoms with van der Waals surface area (Å²) in [7, 11) is 0. The Balaban J connectivity index is 1.69. The Bertz CT molecular complexity index is 446. The SMILES string of the molecule is CCN(CCCOc1cccc(C(N)=S)c1)CC1CC1. The van der Waals surface area contributed by atoms with Gasteiger partial charge in [0.25, 0.3) is 0 Å². The van der Waals surface area contributed by atoms with E-state index in [0.29, 0.717) is 4.99 Å². The third-order valence-corrected chi connectivity index (χ3v) is 3.90. The molecule has 1 fully saturated rings. The van der Waals surface area contributed by atoms with Gasteiger partial charge in [0.15, 0.2) is 0 Å². The third-order valence-electron chi connectivity index (χ3n) is 3.67. The molecule has 0 aromatic heterocycles. The summed E-state index contributed by atoms with van der Waals surface area (Å²) < 4.78 is 5.77. The molecule has 1 aliphatic rings. The summed E-state index contributed by atoms with van der Waals surface area (Å²) in [5, 5.41) is 0. The van der Waals surface area contributed by atoms with Crippen LogP contribution in [0.15, 0.2) is 24.3 Å². The summed E-state index contributed by atoms with van der Waals surface area (Å²) in [4.78, 5) is 2.93. The Labute approximate surface area is 127 Å². The van der Waals surface area contributed by atoms with E-state index >= 15 is 0 Å². The number of ether oxygens (including phenoxy) is 1. The number of hydrogen-bond donors (Lipinski definition) is 1. The molecule has 0 radical (unpaired) electrons. The Morgan fingerprint density at radius 2 is 2.25 bits per heavy atom. The van der Waals surface area contributed by atoms with E-state index in [2.05, 4.69) is 11.8 Å². The maximum atomic E-state index is 5.77. The van der Waals surface area contributed by atoms with Crippen LogP contribution in [0.3, 0.4) is 0 Å². The van der Waals surface area contributed by atoms with Crippen LogP contribution in [0.25, 0.3) is 0 Å². The molecule has 4 heteroatoms. The van der Waals surface area contributed by atoms with Gasteiger partial charge in [0, 0.05) is 18.7 Å². The van der Waals surface area contributed by atoms with Crippen molar-refractivity contribution in [3.63, 3.8) is 0 Å². The number of benzene rings is 1. The van der Waals surface area contributed by atoms with E-state index in [1.54, 1.807) is 0 Å². The predicted octanol–water partition coefficient (Wildman–Crippen LogP) is 2.82. The van der Waals surface area contributed by atoms with E-state index in [9.17, 15) is 0 Å². The lowest BCUT2D eigenvalue weighted by atomic mass is 10.2. The molecule has 0 bridgehead atoms. The first-order chi connectivity index (χ1) is 9.69. The summed E-state index contributed by atoms with van der Waals surface area (Å²) in [6.45, 7) is 6.47. The molecule has 0 atom stereocenters. The van der Waals surface area contributed by atoms with Gasteiger partial charge in [0.05, 0.1) is 6.61 Å². The molecule has 2 N–H and O–H groups in total. The van der Waals surface area contributed by atoms with E-state index in [1.807, 2.05) is 24.3 Å². The molecular weight excluding hydrogens is 268 g/mol. The second-order valence-electron chi connectivity index (χ2n) is 5.43. The number of hydrogen-bond acceptors (Lipinski definition) is 3. The molecule has 0 spiro atoms. The van der Waals surface area contributed by atoms with Crippen LogP contribution in [0.5, 0.6) is 5.75 Å². The molecule has 20 heavy (non-hydrogen) atoms. The standard InChI is InChI=1S/C16H24N2OS/c1-2-18(12-13-7-8-13)9-4-10-19-15-6-3-5-14(11-15)16(17)20/h3,5-6,11,13H,2,4,7-10,12H2,1H3,(H2,17,20). The minimum atomic E-state index is 0.414. The zero-order valence-electron chi connectivity index (χ0n) is 12.2. The average molecular weight is 292 g/mol. The normalized spacial score (nSPS) is 14.5. The molecule has 0 amide bonds. The van der Waals surface area contributed by atoms with Gasteiger partial charge in [-0.1, -0.05) is 31.3 Å². The van der Waals surface area contributed by atoms with Crippen molar-refractivity contribution in [2.45, 2.75) is 26.2 Å². The maximum absolute atomic E-state index is 5.77. The second-order valence-corrected chi connectivity index (χ2v) is 5.87. The van der Waals surface area contributed by atoms with Crippen LogP contribution >= 0.6 is 12.2 Å². The fourth-order valence-corrected chi connectivity index (χ4v) is 2.39. The van der Waals surface area contributed by atoms with E-state index in [0.717, 1.165) is 43.3 Å². The highest BCUT2D eigenvalue weighted by Crippen LogP contribution is 2.29. The summed E-state index contributed by atoms with van der Waals surface area (Å²) in [5.74, 6) is 1.80. The fourth-order valence-electron chi connectivity index (χ4n) is 2.26. The number of nitrogens with two attached hydrogens (primary N) is 1. The molecule has 0 unspecified atom stereocenters. The van der Waals surface area contributed by atoms with Gasteiger partial charge in [-0.3, -0.25) is 0 Å². The van der Waals surface area contributed by atoms with E-state index in [-0.39, 0.29) is 0 Å². The van der Waals surface area contributed by atoms with Gasteiger partial charge in [-0.15, -0.1) is 0 Å². The Morgan fingerprint density at radius 3 is 2.90 bits per heavy atom. The van der Waals surface area contributed by atoms with Crippen molar-refractivity contribution in [1.29, 1.82) is 0 Å². The van der Waals surface area contributed by atoms with Crippen molar-refractivity contribution < 1.29 is 4.74 Å². The second kappa shape index (κ2) is 7.60. The van der Waals surface area contributed by atoms with Crippen LogP contribution in [-0.2, 0) is 0 Å². The van der Waals surface area contributed by atoms with Gasteiger partial charge in [-0.05, 0) is 43.9 Å². The summed E-state index contributed by atoms with van der Waals surface area (Å²) in [6, 6.07) is 7.69. The van der Waals surface area contributed by atoms with Gasteiger partial charge in [0.2, 0.25) is 0 Å². The highest BCUT2D eigenvalue weighted by atomic mass is 32.1. The van der Waals surface area contributed by atoms with Crippen molar-refractivity contribution in [2.75, 3.05) is 26.2 Å². The van der Waals surface area contributed by atoms with Crippen molar-refractivity contribution >= 4 is 17.2 Å². The molecule has 1 aliphatic carbocycles. The molecule has 3 nitrogen and oxygen atoms in total. The van der Waals surface area contributed by atoms with E-state index < -0.39 is 0 Å². The van der Waals surface area contributed by atoms with Crippen molar-refractivity contribution in [3.8, 4) is 5.75 Å². The molecule has 1 aromatic rings. The molecular formula is C16H24N2OS. The van der Waals surface area contributed by atoms with Gasteiger partial charge >= 0.3 is 0 Å². The minimum absolute atomic E-state index is 0.414. The molecule has 0 saturated heterocycles. The smallest absolute Gasteiger partial charge is 0.119 e. The Kier molecular flexibility index (Phi) is 5.80. The highest BCUT2D eigenvalue weighted by molar-refractivity contribution is 7.80. The highest BCUT2D eigenvalue weighted by Gasteiger charge is 2.23. The average Bonchev–Trinajstić information content (AvgIpc) is 3.26. The number of rotatable bonds is 9. The quantitative estimate of drug-likeness (QED) is 0.561. The number of nitrogens with zero attached hydrogens (tertiary/aromatic N) is 1. The molecule has 110 valence electrons. The van der Waals surface area contributed by atoms with Crippen LogP contribution in [0.1, 0.15) is 31.7 Å². The first kappa shape index (κ1) is 15.3. The van der Waals surface area contributed by atoms with Gasteiger partial charge in [0.1, 0.15) is 10.7 Å². The zero-order valence-corrected chi connectivity index (χ0v) is 13.0. The fraction of sp³-hybridized carbons (Fsp3) is 0.562. The number of thiocarbonyl (C=S) groups is 1. The van der Waals surface area contributed by atoms with Crippen LogP contribution in [0.2, 0.25) is 0 Å². The summed E-state index contributed by atoms with van der Waals surface area (Å²) in [6.07, 6.45) is 3.88. The maximum Gasteiger partial charge on any atom is 0.119 e. The predicted molar refractivity (Wildman–Crippen MR) is 87.3 cm³/mol. The van der Waals surface area contributed by atoms with E-state index in [4.69, 9.17) is 22.7 Å². The lowest BCUT2D eigenvalue weighted by molar-refractivity contribution is 0.235. The molecule has 1 saturated carbocycles. The van der Waals surface area contributed by atoms with Crippen LogP contribution in [-0.4, -0.2) is 36.1 Å². The topological polar surface area (TPSA) is 38.5 Å². The first-order valence-electron chi connectivity index (χ1n) is 7.44. The molecule has 1 aromatic carbocycles. The molecule has 0 aliphatic heterocycles. The Morgan fingerprint density at radius 1 is 1.45 bits per heavy atom. The van der Waals surface area contributed by atoms with E-state index in [1.165, 1.54) is 19.4 Å². The molecule has 0 heterocycles. The lowest BCUT2D eigenvalue weighted by Gasteiger charge is -2.20. The van der Waals surface area contributed by atoms with Gasteiger partial charge in [-0.2, -0.15) is 0 Å². The van der Waals surface area contributed by atoms with Gasteiger partial charge in [-0.25, -0.2) is 0 Å². The van der Waals surface area contributed by atoms with Gasteiger partial charge < -0.3 is 15.4 Å². The van der Waals surface area contributed by atoms with Crippen molar-refractivity contribution in [2.24, 2.45) is 11.7 Å². The summed E-state index contributed by atoms with van der Waals surface area (Å²) in [5.41, 5.74) is 6.48. The lowest BCUT2D eigenvalue weighted by Crippen LogP contribution is -2.27. The minimum Gasteiger partial charge on any atom is -0.494 e. The van der Waals surface area contributed by atoms with Crippen molar-refractivity contribution in [3.05, 3.63) is 29.8 Å². The summed E-state index contributed by atoms with van der Waals surface area (Å²) >= 11 is 4.97. The van der Waals surface area contributed by atoms with Crippen LogP contribution in [0.4, 0.5) is 0 Å². The van der Waals surface area contributed by atoms with Crippen LogP contribution in [0, 0.1) is 5.92 Å². The van der Waals surface area contributed by atoms with Crippen molar-refractivity contribution in [1.82, 2.24) is 4.90 Å². The first-order valence-corrected chi connectivity index (χ1v) is 7.85. The largest absolute Gasteiger partial charge is 0.494 e.